The molecule has 0 aliphatic carbocycles. The second-order valence-corrected chi connectivity index (χ2v) is 6.75. The van der Waals surface area contributed by atoms with Crippen LogP contribution in [0, 0.1) is 6.92 Å². The van der Waals surface area contributed by atoms with E-state index in [0.717, 1.165) is 11.4 Å². The average molecular weight is 396 g/mol. The highest BCUT2D eigenvalue weighted by atomic mass is 16.2. The first-order valence-corrected chi connectivity index (χ1v) is 9.50. The molecule has 0 radical (unpaired) electrons. The van der Waals surface area contributed by atoms with Crippen molar-refractivity contribution in [1.82, 2.24) is 9.78 Å². The maximum absolute atomic E-state index is 12.9. The van der Waals surface area contributed by atoms with Crippen molar-refractivity contribution in [3.05, 3.63) is 108 Å². The number of nitrogens with one attached hydrogen (secondary N) is 2. The van der Waals surface area contributed by atoms with E-state index in [1.807, 2.05) is 43.3 Å². The number of hydrogen-bond donors (Lipinski definition) is 2. The number of aromatic nitrogens is 2. The smallest absolute Gasteiger partial charge is 0.257 e. The standard InChI is InChI=1S/C24H20N4O2/c1-17-14-15-25-28(17)20-11-7-10-19(16-20)26-24(30)21-12-5-6-13-22(21)27-23(29)18-8-3-2-4-9-18/h2-16H,1H3,(H,26,30)(H,27,29). The molecule has 3 aromatic carbocycles. The molecular weight excluding hydrogens is 376 g/mol. The Balaban J connectivity index is 1.55. The number of amides is 2. The van der Waals surface area contributed by atoms with Crippen molar-refractivity contribution >= 4 is 23.2 Å². The van der Waals surface area contributed by atoms with Crippen LogP contribution in [0.2, 0.25) is 0 Å². The van der Waals surface area contributed by atoms with Gasteiger partial charge in [-0.1, -0.05) is 36.4 Å². The zero-order valence-electron chi connectivity index (χ0n) is 16.4. The SMILES string of the molecule is Cc1ccnn1-c1cccc(NC(=O)c2ccccc2NC(=O)c2ccccc2)c1. The van der Waals surface area contributed by atoms with Gasteiger partial charge in [-0.3, -0.25) is 9.59 Å². The molecule has 2 N–H and O–H groups in total. The number of nitrogens with zero attached hydrogens (tertiary/aromatic N) is 2. The first kappa shape index (κ1) is 19.1. The van der Waals surface area contributed by atoms with Gasteiger partial charge in [0, 0.05) is 23.1 Å². The molecule has 1 aromatic heterocycles. The monoisotopic (exact) mass is 396 g/mol. The Morgan fingerprint density at radius 2 is 1.57 bits per heavy atom. The number of anilines is 2. The molecule has 0 fully saturated rings. The molecule has 0 unspecified atom stereocenters. The van der Waals surface area contributed by atoms with Gasteiger partial charge in [-0.2, -0.15) is 5.10 Å². The Labute approximate surface area is 174 Å². The average Bonchev–Trinajstić information content (AvgIpc) is 3.21. The number of carbonyl (C=O) groups is 2. The fourth-order valence-electron chi connectivity index (χ4n) is 3.13. The van der Waals surface area contributed by atoms with Crippen molar-refractivity contribution in [2.24, 2.45) is 0 Å². The van der Waals surface area contributed by atoms with Gasteiger partial charge in [0.15, 0.2) is 0 Å². The third-order valence-corrected chi connectivity index (χ3v) is 4.64. The fourth-order valence-corrected chi connectivity index (χ4v) is 3.13. The van der Waals surface area contributed by atoms with E-state index >= 15 is 0 Å². The van der Waals surface area contributed by atoms with Crippen LogP contribution in [0.15, 0.2) is 91.1 Å². The highest BCUT2D eigenvalue weighted by molar-refractivity contribution is 6.12. The minimum atomic E-state index is -0.312. The molecule has 0 aliphatic heterocycles. The van der Waals surface area contributed by atoms with Crippen LogP contribution in [-0.2, 0) is 0 Å². The van der Waals surface area contributed by atoms with Crippen molar-refractivity contribution in [1.29, 1.82) is 0 Å². The molecule has 1 heterocycles. The van der Waals surface area contributed by atoms with Crippen molar-refractivity contribution in [3.8, 4) is 5.69 Å². The van der Waals surface area contributed by atoms with Gasteiger partial charge in [0.25, 0.3) is 11.8 Å². The van der Waals surface area contributed by atoms with Gasteiger partial charge in [-0.05, 0) is 55.5 Å². The quantitative estimate of drug-likeness (QED) is 0.514. The Kier molecular flexibility index (Phi) is 5.39. The molecule has 0 spiro atoms. The maximum Gasteiger partial charge on any atom is 0.257 e. The summed E-state index contributed by atoms with van der Waals surface area (Å²) in [6.07, 6.45) is 1.73. The zero-order chi connectivity index (χ0) is 20.9. The summed E-state index contributed by atoms with van der Waals surface area (Å²) in [5.74, 6) is -0.583. The number of aryl methyl sites for hydroxylation is 1. The molecule has 2 amide bonds. The number of hydrogen-bond acceptors (Lipinski definition) is 3. The lowest BCUT2D eigenvalue weighted by Gasteiger charge is -2.12. The summed E-state index contributed by atoms with van der Waals surface area (Å²) < 4.78 is 1.80. The van der Waals surface area contributed by atoms with Gasteiger partial charge in [-0.15, -0.1) is 0 Å². The van der Waals surface area contributed by atoms with Crippen LogP contribution in [0.1, 0.15) is 26.4 Å². The predicted molar refractivity (Wildman–Crippen MR) is 117 cm³/mol. The number of carbonyl (C=O) groups excluding carboxylic acids is 2. The summed E-state index contributed by atoms with van der Waals surface area (Å²) in [6, 6.07) is 25.2. The van der Waals surface area contributed by atoms with E-state index in [9.17, 15) is 9.59 Å². The van der Waals surface area contributed by atoms with Gasteiger partial charge in [0.05, 0.1) is 16.9 Å². The summed E-state index contributed by atoms with van der Waals surface area (Å²) in [4.78, 5) is 25.4. The summed E-state index contributed by atoms with van der Waals surface area (Å²) in [5.41, 5.74) is 3.82. The molecule has 4 aromatic rings. The molecule has 0 bridgehead atoms. The number of para-hydroxylation sites is 1. The van der Waals surface area contributed by atoms with Crippen LogP contribution in [0.3, 0.4) is 0 Å². The highest BCUT2D eigenvalue weighted by Gasteiger charge is 2.14. The van der Waals surface area contributed by atoms with Crippen LogP contribution >= 0.6 is 0 Å². The van der Waals surface area contributed by atoms with E-state index in [2.05, 4.69) is 15.7 Å². The lowest BCUT2D eigenvalue weighted by Crippen LogP contribution is -2.18. The van der Waals surface area contributed by atoms with E-state index in [1.54, 1.807) is 59.4 Å². The second-order valence-electron chi connectivity index (χ2n) is 6.75. The van der Waals surface area contributed by atoms with Gasteiger partial charge < -0.3 is 10.6 Å². The first-order chi connectivity index (χ1) is 14.6. The van der Waals surface area contributed by atoms with Crippen molar-refractivity contribution in [2.75, 3.05) is 10.6 Å². The van der Waals surface area contributed by atoms with E-state index in [1.165, 1.54) is 0 Å². The van der Waals surface area contributed by atoms with E-state index < -0.39 is 0 Å². The lowest BCUT2D eigenvalue weighted by atomic mass is 10.1. The molecule has 0 atom stereocenters. The number of benzene rings is 3. The molecule has 6 heteroatoms. The fraction of sp³-hybridized carbons (Fsp3) is 0.0417. The topological polar surface area (TPSA) is 76.0 Å². The third kappa shape index (κ3) is 4.12. The molecular formula is C24H20N4O2. The molecule has 6 nitrogen and oxygen atoms in total. The van der Waals surface area contributed by atoms with E-state index in [4.69, 9.17) is 0 Å². The Hall–Kier alpha value is -4.19. The minimum absolute atomic E-state index is 0.271. The van der Waals surface area contributed by atoms with E-state index in [0.29, 0.717) is 22.5 Å². The van der Waals surface area contributed by atoms with Crippen molar-refractivity contribution < 1.29 is 9.59 Å². The Morgan fingerprint density at radius 3 is 2.33 bits per heavy atom. The molecule has 148 valence electrons. The summed E-state index contributed by atoms with van der Waals surface area (Å²) >= 11 is 0. The lowest BCUT2D eigenvalue weighted by molar-refractivity contribution is 0.102. The van der Waals surface area contributed by atoms with Crippen LogP contribution in [0.5, 0.6) is 0 Å². The summed E-state index contributed by atoms with van der Waals surface area (Å²) in [7, 11) is 0. The van der Waals surface area contributed by atoms with Crippen LogP contribution in [0.25, 0.3) is 5.69 Å². The first-order valence-electron chi connectivity index (χ1n) is 9.50. The van der Waals surface area contributed by atoms with E-state index in [-0.39, 0.29) is 11.8 Å². The van der Waals surface area contributed by atoms with Crippen molar-refractivity contribution in [2.45, 2.75) is 6.92 Å². The zero-order valence-corrected chi connectivity index (χ0v) is 16.4. The molecule has 30 heavy (non-hydrogen) atoms. The van der Waals surface area contributed by atoms with Gasteiger partial charge in [-0.25, -0.2) is 4.68 Å². The normalized spacial score (nSPS) is 10.4. The van der Waals surface area contributed by atoms with Crippen LogP contribution in [-0.4, -0.2) is 21.6 Å². The van der Waals surface area contributed by atoms with Crippen LogP contribution < -0.4 is 10.6 Å². The van der Waals surface area contributed by atoms with Gasteiger partial charge in [0.1, 0.15) is 0 Å². The van der Waals surface area contributed by atoms with Crippen LogP contribution in [0.4, 0.5) is 11.4 Å². The molecule has 4 rings (SSSR count). The third-order valence-electron chi connectivity index (χ3n) is 4.64. The van der Waals surface area contributed by atoms with Gasteiger partial charge >= 0.3 is 0 Å². The highest BCUT2D eigenvalue weighted by Crippen LogP contribution is 2.20. The predicted octanol–water partition coefficient (Wildman–Crippen LogP) is 4.69. The maximum atomic E-state index is 12.9. The number of rotatable bonds is 5. The largest absolute Gasteiger partial charge is 0.322 e. The summed E-state index contributed by atoms with van der Waals surface area (Å²) in [5, 5.41) is 10.0. The molecule has 0 aliphatic rings. The van der Waals surface area contributed by atoms with Crippen molar-refractivity contribution in [3.63, 3.8) is 0 Å². The second kappa shape index (κ2) is 8.45. The Bertz CT molecular complexity index is 1200. The minimum Gasteiger partial charge on any atom is -0.322 e. The van der Waals surface area contributed by atoms with Gasteiger partial charge in [0.2, 0.25) is 0 Å². The Morgan fingerprint density at radius 1 is 0.800 bits per heavy atom. The summed E-state index contributed by atoms with van der Waals surface area (Å²) in [6.45, 7) is 1.96. The molecule has 0 saturated carbocycles. The molecule has 0 saturated heterocycles.